The lowest BCUT2D eigenvalue weighted by Crippen LogP contribution is -1.93. The van der Waals surface area contributed by atoms with Gasteiger partial charge < -0.3 is 13.6 Å². The second-order valence-electron chi connectivity index (χ2n) is 13.7. The summed E-state index contributed by atoms with van der Waals surface area (Å²) >= 11 is 1.90. The van der Waals surface area contributed by atoms with Crippen molar-refractivity contribution in [2.24, 2.45) is 0 Å². The molecule has 8 aromatic carbocycles. The fraction of sp³-hybridized carbons (Fsp3) is 0. The Bertz CT molecular complexity index is 3360. The summed E-state index contributed by atoms with van der Waals surface area (Å²) in [6.45, 7) is 0. The van der Waals surface area contributed by atoms with Gasteiger partial charge in [0.05, 0.1) is 22.1 Å². The minimum Gasteiger partial charge on any atom is -0.456 e. The lowest BCUT2D eigenvalue weighted by Gasteiger charge is -2.08. The van der Waals surface area contributed by atoms with Crippen LogP contribution in [0.3, 0.4) is 0 Å². The standard InChI is InChI=1S/C48H28N2OS/c1-2-10-31(11-3-1)49-42-17-9-6-14-36(42)47-43(49)22-21-35-39-27-30(19-25-46(39)52-48(35)47)29-18-23-44-37(26-29)38-28-32(20-24-45(38)51-44)50-40-15-7-4-12-33(40)34-13-5-8-16-41(34)50/h1-28H. The zero-order chi connectivity index (χ0) is 33.9. The number of hydrogen-bond acceptors (Lipinski definition) is 2. The van der Waals surface area contributed by atoms with Crippen LogP contribution >= 0.6 is 11.3 Å². The van der Waals surface area contributed by atoms with E-state index in [1.54, 1.807) is 0 Å². The van der Waals surface area contributed by atoms with Gasteiger partial charge in [0.25, 0.3) is 0 Å². The van der Waals surface area contributed by atoms with Crippen molar-refractivity contribution in [2.45, 2.75) is 0 Å². The molecule has 242 valence electrons. The van der Waals surface area contributed by atoms with E-state index in [1.807, 2.05) is 11.3 Å². The highest BCUT2D eigenvalue weighted by Crippen LogP contribution is 2.45. The predicted octanol–water partition coefficient (Wildman–Crippen LogP) is 13.8. The first-order valence-corrected chi connectivity index (χ1v) is 18.5. The van der Waals surface area contributed by atoms with Gasteiger partial charge >= 0.3 is 0 Å². The summed E-state index contributed by atoms with van der Waals surface area (Å²) in [5.74, 6) is 0. The maximum atomic E-state index is 6.41. The van der Waals surface area contributed by atoms with E-state index in [9.17, 15) is 0 Å². The summed E-state index contributed by atoms with van der Waals surface area (Å²) in [7, 11) is 0. The van der Waals surface area contributed by atoms with Gasteiger partial charge in [-0.3, -0.25) is 0 Å². The second-order valence-corrected chi connectivity index (χ2v) is 14.8. The summed E-state index contributed by atoms with van der Waals surface area (Å²) in [5, 5.41) is 9.98. The van der Waals surface area contributed by atoms with Crippen molar-refractivity contribution in [2.75, 3.05) is 0 Å². The molecular weight excluding hydrogens is 653 g/mol. The molecule has 4 heteroatoms. The van der Waals surface area contributed by atoms with Crippen molar-refractivity contribution in [1.29, 1.82) is 0 Å². The van der Waals surface area contributed by atoms with Crippen LogP contribution in [0.4, 0.5) is 0 Å². The third-order valence-electron chi connectivity index (χ3n) is 10.9. The van der Waals surface area contributed by atoms with E-state index in [4.69, 9.17) is 4.42 Å². The van der Waals surface area contributed by atoms with Gasteiger partial charge in [-0.1, -0.05) is 91.0 Å². The SMILES string of the molecule is c1ccc(-n2c3ccccc3c3c4sc5ccc(-c6ccc7oc8ccc(-n9c%10ccccc%10c%10ccccc%109)cc8c7c6)cc5c4ccc32)cc1. The molecule has 12 rings (SSSR count). The Morgan fingerprint density at radius 2 is 0.942 bits per heavy atom. The highest BCUT2D eigenvalue weighted by molar-refractivity contribution is 7.26. The summed E-state index contributed by atoms with van der Waals surface area (Å²) in [4.78, 5) is 0. The molecule has 0 fully saturated rings. The molecule has 0 atom stereocenters. The van der Waals surface area contributed by atoms with Gasteiger partial charge in [0.1, 0.15) is 11.2 Å². The summed E-state index contributed by atoms with van der Waals surface area (Å²) in [5.41, 5.74) is 11.4. The molecule has 0 radical (unpaired) electrons. The van der Waals surface area contributed by atoms with E-state index in [-0.39, 0.29) is 0 Å². The monoisotopic (exact) mass is 680 g/mol. The molecule has 0 saturated carbocycles. The number of fused-ring (bicyclic) bond motifs is 13. The molecule has 0 bridgehead atoms. The Hall–Kier alpha value is -6.62. The van der Waals surface area contributed by atoms with Crippen molar-refractivity contribution >= 4 is 97.1 Å². The maximum Gasteiger partial charge on any atom is 0.135 e. The number of nitrogens with zero attached hydrogens (tertiary/aromatic N) is 2. The molecule has 0 amide bonds. The molecule has 4 heterocycles. The largest absolute Gasteiger partial charge is 0.456 e. The molecule has 0 aliphatic rings. The van der Waals surface area contributed by atoms with Gasteiger partial charge in [-0.05, 0) is 90.0 Å². The van der Waals surface area contributed by atoms with E-state index in [0.29, 0.717) is 0 Å². The van der Waals surface area contributed by atoms with Crippen LogP contribution < -0.4 is 0 Å². The third kappa shape index (κ3) is 3.84. The van der Waals surface area contributed by atoms with E-state index in [0.717, 1.165) is 27.6 Å². The van der Waals surface area contributed by atoms with E-state index in [2.05, 4.69) is 179 Å². The minimum absolute atomic E-state index is 0.898. The normalized spacial score (nSPS) is 12.2. The Balaban J connectivity index is 1.03. The van der Waals surface area contributed by atoms with Crippen molar-refractivity contribution in [3.8, 4) is 22.5 Å². The average molecular weight is 681 g/mol. The average Bonchev–Trinajstić information content (AvgIpc) is 3.95. The Kier molecular flexibility index (Phi) is 5.65. The van der Waals surface area contributed by atoms with Gasteiger partial charge in [0.15, 0.2) is 0 Å². The highest BCUT2D eigenvalue weighted by atomic mass is 32.1. The zero-order valence-corrected chi connectivity index (χ0v) is 28.7. The van der Waals surface area contributed by atoms with Crippen LogP contribution in [-0.4, -0.2) is 9.13 Å². The number of hydrogen-bond donors (Lipinski definition) is 0. The number of furan rings is 1. The first-order valence-electron chi connectivity index (χ1n) is 17.7. The summed E-state index contributed by atoms with van der Waals surface area (Å²) < 4.78 is 13.8. The van der Waals surface area contributed by atoms with E-state index in [1.165, 1.54) is 80.6 Å². The number of rotatable bonds is 3. The smallest absolute Gasteiger partial charge is 0.135 e. The predicted molar refractivity (Wildman–Crippen MR) is 221 cm³/mol. The van der Waals surface area contributed by atoms with Crippen LogP contribution in [0.5, 0.6) is 0 Å². The van der Waals surface area contributed by atoms with Crippen molar-refractivity contribution in [1.82, 2.24) is 9.13 Å². The Labute approximate surface area is 301 Å². The van der Waals surface area contributed by atoms with Crippen LogP contribution in [0.1, 0.15) is 0 Å². The molecule has 52 heavy (non-hydrogen) atoms. The lowest BCUT2D eigenvalue weighted by atomic mass is 10.00. The van der Waals surface area contributed by atoms with Gasteiger partial charge in [0, 0.05) is 63.9 Å². The van der Waals surface area contributed by atoms with Crippen LogP contribution in [0.2, 0.25) is 0 Å². The van der Waals surface area contributed by atoms with Crippen molar-refractivity contribution in [3.05, 3.63) is 170 Å². The van der Waals surface area contributed by atoms with Crippen LogP contribution in [0.25, 0.3) is 108 Å². The third-order valence-corrected chi connectivity index (χ3v) is 12.1. The minimum atomic E-state index is 0.898. The fourth-order valence-corrected chi connectivity index (χ4v) is 9.85. The van der Waals surface area contributed by atoms with Crippen LogP contribution in [0, 0.1) is 0 Å². The summed E-state index contributed by atoms with van der Waals surface area (Å²) in [6, 6.07) is 61.6. The highest BCUT2D eigenvalue weighted by Gasteiger charge is 2.19. The quantitative estimate of drug-likeness (QED) is 0.182. The zero-order valence-electron chi connectivity index (χ0n) is 27.9. The van der Waals surface area contributed by atoms with Gasteiger partial charge in [-0.2, -0.15) is 0 Å². The fourth-order valence-electron chi connectivity index (χ4n) is 8.61. The van der Waals surface area contributed by atoms with Gasteiger partial charge in [-0.15, -0.1) is 11.3 Å². The molecular formula is C48H28N2OS. The number of benzene rings is 8. The van der Waals surface area contributed by atoms with Crippen molar-refractivity contribution < 1.29 is 4.42 Å². The second kappa shape index (κ2) is 10.5. The van der Waals surface area contributed by atoms with Gasteiger partial charge in [0.2, 0.25) is 0 Å². The lowest BCUT2D eigenvalue weighted by molar-refractivity contribution is 0.669. The number of para-hydroxylation sites is 4. The molecule has 12 aromatic rings. The molecule has 0 saturated heterocycles. The van der Waals surface area contributed by atoms with E-state index < -0.39 is 0 Å². The topological polar surface area (TPSA) is 23.0 Å². The summed E-state index contributed by atoms with van der Waals surface area (Å²) in [6.07, 6.45) is 0. The molecule has 4 aromatic heterocycles. The molecule has 3 nitrogen and oxygen atoms in total. The molecule has 0 spiro atoms. The van der Waals surface area contributed by atoms with Crippen LogP contribution in [-0.2, 0) is 0 Å². The van der Waals surface area contributed by atoms with E-state index >= 15 is 0 Å². The molecule has 0 aliphatic heterocycles. The maximum absolute atomic E-state index is 6.41. The first-order chi connectivity index (χ1) is 25.8. The number of thiophene rings is 1. The van der Waals surface area contributed by atoms with Crippen molar-refractivity contribution in [3.63, 3.8) is 0 Å². The molecule has 0 unspecified atom stereocenters. The number of aromatic nitrogens is 2. The van der Waals surface area contributed by atoms with Crippen LogP contribution in [0.15, 0.2) is 174 Å². The molecule has 0 N–H and O–H groups in total. The Morgan fingerprint density at radius 3 is 1.69 bits per heavy atom. The van der Waals surface area contributed by atoms with Gasteiger partial charge in [-0.25, -0.2) is 0 Å². The first kappa shape index (κ1) is 28.1. The molecule has 0 aliphatic carbocycles. The Morgan fingerprint density at radius 1 is 0.365 bits per heavy atom.